The van der Waals surface area contributed by atoms with Gasteiger partial charge in [-0.25, -0.2) is 4.79 Å². The molecule has 0 saturated heterocycles. The van der Waals surface area contributed by atoms with Crippen molar-refractivity contribution in [3.05, 3.63) is 73.9 Å². The molecule has 8 nitrogen and oxygen atoms in total. The molecule has 2 aromatic carbocycles. The van der Waals surface area contributed by atoms with Crippen LogP contribution in [0.2, 0.25) is 0 Å². The van der Waals surface area contributed by atoms with Gasteiger partial charge in [-0.3, -0.25) is 4.79 Å². The maximum absolute atomic E-state index is 13.3. The zero-order valence-corrected chi connectivity index (χ0v) is 16.0. The van der Waals surface area contributed by atoms with Crippen molar-refractivity contribution in [2.45, 2.75) is 5.41 Å². The molecule has 1 atom stereocenters. The molecule has 3 heterocycles. The first-order valence-corrected chi connectivity index (χ1v) is 9.17. The summed E-state index contributed by atoms with van der Waals surface area (Å²) in [5.41, 5.74) is 3.89. The number of hydrogen-bond acceptors (Lipinski definition) is 7. The number of carbonyl (C=O) groups is 1. The molecule has 0 aliphatic carbocycles. The van der Waals surface area contributed by atoms with Crippen LogP contribution in [0.25, 0.3) is 11.0 Å². The lowest BCUT2D eigenvalue weighted by Crippen LogP contribution is -2.45. The number of fused-ring (bicyclic) bond motifs is 6. The second-order valence-corrected chi connectivity index (χ2v) is 7.54. The van der Waals surface area contributed by atoms with E-state index in [9.17, 15) is 20.0 Å². The van der Waals surface area contributed by atoms with E-state index in [-0.39, 0.29) is 34.1 Å². The van der Waals surface area contributed by atoms with Gasteiger partial charge in [-0.05, 0) is 30.3 Å². The molecule has 3 aromatic rings. The molecule has 1 spiro atoms. The fourth-order valence-corrected chi connectivity index (χ4v) is 4.33. The molecule has 5 rings (SSSR count). The van der Waals surface area contributed by atoms with Crippen LogP contribution in [0.4, 0.5) is 5.69 Å². The minimum Gasteiger partial charge on any atom is -0.508 e. The topological polar surface area (TPSA) is 139 Å². The lowest BCUT2D eigenvalue weighted by Gasteiger charge is -2.32. The molecule has 4 N–H and O–H groups in total. The number of nitrogens with zero attached hydrogens (tertiary/aromatic N) is 1. The Kier molecular flexibility index (Phi) is 3.36. The smallest absolute Gasteiger partial charge is 0.345 e. The normalized spacial score (nSPS) is 19.5. The van der Waals surface area contributed by atoms with Crippen molar-refractivity contribution in [3.8, 4) is 17.6 Å². The molecule has 0 fully saturated rings. The van der Waals surface area contributed by atoms with E-state index in [4.69, 9.17) is 14.9 Å². The highest BCUT2D eigenvalue weighted by Crippen LogP contribution is 2.53. The molecule has 142 valence electrons. The first-order chi connectivity index (χ1) is 13.9. The van der Waals surface area contributed by atoms with E-state index < -0.39 is 16.9 Å². The highest BCUT2D eigenvalue weighted by atomic mass is 79.9. The van der Waals surface area contributed by atoms with Crippen molar-refractivity contribution in [3.63, 3.8) is 0 Å². The highest BCUT2D eigenvalue weighted by molar-refractivity contribution is 9.10. The standard InChI is InChI=1S/C20H10BrN3O5/c21-8-1-4-13-11(5-8)20(19(27)24-13)12(7-22)17(23)29-16-10-3-2-9(25)6-14(10)28-18(26)15(16)20/h1-6,25H,23H2,(H,24,27). The first kappa shape index (κ1) is 17.3. The fourth-order valence-electron chi connectivity index (χ4n) is 3.97. The summed E-state index contributed by atoms with van der Waals surface area (Å²) in [5, 5.41) is 22.6. The molecule has 1 aromatic heterocycles. The number of carbonyl (C=O) groups excluding carboxylic acids is 1. The molecule has 2 aliphatic heterocycles. The average Bonchev–Trinajstić information content (AvgIpc) is 2.94. The van der Waals surface area contributed by atoms with E-state index in [1.54, 1.807) is 18.2 Å². The summed E-state index contributed by atoms with van der Waals surface area (Å²) >= 11 is 3.37. The van der Waals surface area contributed by atoms with Crippen LogP contribution in [0, 0.1) is 11.3 Å². The van der Waals surface area contributed by atoms with Gasteiger partial charge < -0.3 is 25.3 Å². The lowest BCUT2D eigenvalue weighted by atomic mass is 9.69. The van der Waals surface area contributed by atoms with Gasteiger partial charge in [-0.2, -0.15) is 5.26 Å². The molecule has 9 heteroatoms. The number of anilines is 1. The summed E-state index contributed by atoms with van der Waals surface area (Å²) in [6.45, 7) is 0. The Hall–Kier alpha value is -3.77. The number of ether oxygens (including phenoxy) is 1. The molecule has 0 radical (unpaired) electrons. The Morgan fingerprint density at radius 1 is 1.21 bits per heavy atom. The monoisotopic (exact) mass is 451 g/mol. The van der Waals surface area contributed by atoms with Gasteiger partial charge in [0.15, 0.2) is 11.2 Å². The van der Waals surface area contributed by atoms with E-state index in [1.807, 2.05) is 6.07 Å². The molecule has 1 unspecified atom stereocenters. The number of nitrogens with two attached hydrogens (primary N) is 1. The summed E-state index contributed by atoms with van der Waals surface area (Å²) in [7, 11) is 0. The summed E-state index contributed by atoms with van der Waals surface area (Å²) in [5.74, 6) is -1.00. The number of phenolic OH excluding ortho intramolecular Hbond substituents is 1. The molecule has 2 aliphatic rings. The third kappa shape index (κ3) is 2.06. The van der Waals surface area contributed by atoms with Crippen LogP contribution >= 0.6 is 15.9 Å². The van der Waals surface area contributed by atoms with Crippen LogP contribution in [0.1, 0.15) is 11.1 Å². The molecule has 1 amide bonds. The van der Waals surface area contributed by atoms with Crippen molar-refractivity contribution >= 4 is 38.5 Å². The van der Waals surface area contributed by atoms with Crippen molar-refractivity contribution in [2.75, 3.05) is 5.32 Å². The lowest BCUT2D eigenvalue weighted by molar-refractivity contribution is -0.118. The number of aromatic hydroxyl groups is 1. The zero-order valence-electron chi connectivity index (χ0n) is 14.4. The van der Waals surface area contributed by atoms with Crippen LogP contribution in [0.5, 0.6) is 11.5 Å². The van der Waals surface area contributed by atoms with Gasteiger partial charge in [-0.15, -0.1) is 0 Å². The van der Waals surface area contributed by atoms with E-state index in [0.29, 0.717) is 21.1 Å². The average molecular weight is 452 g/mol. The van der Waals surface area contributed by atoms with Gasteiger partial charge in [0, 0.05) is 21.8 Å². The summed E-state index contributed by atoms with van der Waals surface area (Å²) in [6.07, 6.45) is 0. The van der Waals surface area contributed by atoms with Crippen LogP contribution in [0.3, 0.4) is 0 Å². The summed E-state index contributed by atoms with van der Waals surface area (Å²) in [4.78, 5) is 26.4. The highest BCUT2D eigenvalue weighted by Gasteiger charge is 2.58. The number of nitrogens with one attached hydrogen (secondary N) is 1. The first-order valence-electron chi connectivity index (χ1n) is 8.38. The molecule has 0 bridgehead atoms. The van der Waals surface area contributed by atoms with Crippen LogP contribution < -0.4 is 21.4 Å². The SMILES string of the molecule is N#CC1=C(N)Oc2c(c(=O)oc3cc(O)ccc23)C12C(=O)Nc1ccc(Br)cc12. The van der Waals surface area contributed by atoms with Gasteiger partial charge in [0.05, 0.1) is 5.39 Å². The van der Waals surface area contributed by atoms with Crippen molar-refractivity contribution in [2.24, 2.45) is 5.73 Å². The quantitative estimate of drug-likeness (QED) is 0.446. The predicted octanol–water partition coefficient (Wildman–Crippen LogP) is 2.59. The van der Waals surface area contributed by atoms with Crippen LogP contribution in [-0.2, 0) is 10.2 Å². The fraction of sp³-hybridized carbons (Fsp3) is 0.0500. The number of amides is 1. The number of phenols is 1. The minimum absolute atomic E-state index is 0.00993. The van der Waals surface area contributed by atoms with Gasteiger partial charge in [-0.1, -0.05) is 15.9 Å². The minimum atomic E-state index is -1.82. The maximum Gasteiger partial charge on any atom is 0.345 e. The van der Waals surface area contributed by atoms with Crippen LogP contribution in [-0.4, -0.2) is 11.0 Å². The Morgan fingerprint density at radius 2 is 2.00 bits per heavy atom. The van der Waals surface area contributed by atoms with E-state index in [1.165, 1.54) is 18.2 Å². The number of benzene rings is 2. The van der Waals surface area contributed by atoms with E-state index >= 15 is 0 Å². The van der Waals surface area contributed by atoms with E-state index in [0.717, 1.165) is 0 Å². The second kappa shape index (κ2) is 5.62. The Morgan fingerprint density at radius 3 is 2.76 bits per heavy atom. The Bertz CT molecular complexity index is 1400. The Balaban J connectivity index is 2.01. The van der Waals surface area contributed by atoms with Crippen LogP contribution in [0.15, 0.2) is 61.5 Å². The third-order valence-electron chi connectivity index (χ3n) is 5.14. The molecular weight excluding hydrogens is 442 g/mol. The molecular formula is C20H10BrN3O5. The van der Waals surface area contributed by atoms with E-state index in [2.05, 4.69) is 21.2 Å². The number of halogens is 1. The van der Waals surface area contributed by atoms with Gasteiger partial charge in [0.1, 0.15) is 28.5 Å². The van der Waals surface area contributed by atoms with Crippen molar-refractivity contribution < 1.29 is 19.1 Å². The van der Waals surface area contributed by atoms with Gasteiger partial charge in [0.25, 0.3) is 0 Å². The maximum atomic E-state index is 13.3. The molecule has 29 heavy (non-hydrogen) atoms. The van der Waals surface area contributed by atoms with Gasteiger partial charge in [0.2, 0.25) is 11.8 Å². The summed E-state index contributed by atoms with van der Waals surface area (Å²) in [6, 6.07) is 11.1. The second-order valence-electron chi connectivity index (χ2n) is 6.62. The van der Waals surface area contributed by atoms with Gasteiger partial charge >= 0.3 is 5.63 Å². The number of rotatable bonds is 0. The molecule has 0 saturated carbocycles. The number of hydrogen-bond donors (Lipinski definition) is 3. The predicted molar refractivity (Wildman–Crippen MR) is 105 cm³/mol. The van der Waals surface area contributed by atoms with Crippen molar-refractivity contribution in [1.82, 2.24) is 0 Å². The number of nitriles is 1. The third-order valence-corrected chi connectivity index (χ3v) is 5.63. The van der Waals surface area contributed by atoms with Crippen molar-refractivity contribution in [1.29, 1.82) is 5.26 Å². The zero-order chi connectivity index (χ0) is 20.5. The largest absolute Gasteiger partial charge is 0.508 e. The Labute approximate surface area is 170 Å². The summed E-state index contributed by atoms with van der Waals surface area (Å²) < 4.78 is 11.7.